The number of nitrogens with zero attached hydrogens (tertiary/aromatic N) is 3. The van der Waals surface area contributed by atoms with Gasteiger partial charge in [0.2, 0.25) is 11.7 Å². The second-order valence-corrected chi connectivity index (χ2v) is 7.25. The fourth-order valence-electron chi connectivity index (χ4n) is 3.35. The quantitative estimate of drug-likeness (QED) is 0.636. The minimum Gasteiger partial charge on any atom is -0.484 e. The Morgan fingerprint density at radius 2 is 2.11 bits per heavy atom. The summed E-state index contributed by atoms with van der Waals surface area (Å²) in [6.07, 6.45) is 1.68. The van der Waals surface area contributed by atoms with Gasteiger partial charge in [0.1, 0.15) is 11.8 Å². The Morgan fingerprint density at radius 1 is 1.29 bits per heavy atom. The number of halogens is 1. The highest BCUT2D eigenvalue weighted by atomic mass is 35.5. The zero-order chi connectivity index (χ0) is 19.5. The van der Waals surface area contributed by atoms with Crippen LogP contribution in [-0.4, -0.2) is 34.1 Å². The summed E-state index contributed by atoms with van der Waals surface area (Å²) in [5.74, 6) is 1.50. The van der Waals surface area contributed by atoms with Crippen LogP contribution in [0.2, 0.25) is 5.02 Å². The third-order valence-electron chi connectivity index (χ3n) is 4.75. The lowest BCUT2D eigenvalue weighted by Gasteiger charge is -2.21. The van der Waals surface area contributed by atoms with Crippen molar-refractivity contribution in [2.75, 3.05) is 13.2 Å². The molecule has 28 heavy (non-hydrogen) atoms. The van der Waals surface area contributed by atoms with Crippen LogP contribution in [0.4, 0.5) is 0 Å². The molecule has 0 saturated carbocycles. The van der Waals surface area contributed by atoms with Gasteiger partial charge in [-0.05, 0) is 50.1 Å². The zero-order valence-corrected chi connectivity index (χ0v) is 16.2. The van der Waals surface area contributed by atoms with Crippen molar-refractivity contribution in [2.45, 2.75) is 25.8 Å². The third kappa shape index (κ3) is 4.02. The summed E-state index contributed by atoms with van der Waals surface area (Å²) >= 11 is 5.87. The maximum absolute atomic E-state index is 12.7. The minimum absolute atomic E-state index is 0.0446. The molecule has 0 spiro atoms. The molecule has 2 aromatic carbocycles. The molecule has 1 aliphatic rings. The summed E-state index contributed by atoms with van der Waals surface area (Å²) in [4.78, 5) is 19.0. The Kier molecular flexibility index (Phi) is 5.30. The second-order valence-electron chi connectivity index (χ2n) is 6.81. The number of hydrogen-bond acceptors (Lipinski definition) is 5. The summed E-state index contributed by atoms with van der Waals surface area (Å²) in [6, 6.07) is 14.6. The molecule has 2 heterocycles. The van der Waals surface area contributed by atoms with Crippen LogP contribution in [-0.2, 0) is 4.79 Å². The molecule has 0 bridgehead atoms. The van der Waals surface area contributed by atoms with Crippen LogP contribution in [0.1, 0.15) is 30.3 Å². The van der Waals surface area contributed by atoms with Gasteiger partial charge in [-0.15, -0.1) is 0 Å². The first-order chi connectivity index (χ1) is 13.6. The molecule has 1 aromatic heterocycles. The van der Waals surface area contributed by atoms with E-state index in [1.54, 1.807) is 29.2 Å². The number of carbonyl (C=O) groups is 1. The Balaban J connectivity index is 1.44. The molecular weight excluding hydrogens is 378 g/mol. The Bertz CT molecular complexity index is 971. The number of rotatable bonds is 5. The van der Waals surface area contributed by atoms with Crippen molar-refractivity contribution < 1.29 is 14.1 Å². The Hall–Kier alpha value is -2.86. The van der Waals surface area contributed by atoms with Gasteiger partial charge in [-0.25, -0.2) is 0 Å². The largest absolute Gasteiger partial charge is 0.484 e. The molecule has 0 radical (unpaired) electrons. The van der Waals surface area contributed by atoms with E-state index in [9.17, 15) is 4.79 Å². The Morgan fingerprint density at radius 3 is 2.89 bits per heavy atom. The topological polar surface area (TPSA) is 68.5 Å². The molecule has 6 nitrogen and oxygen atoms in total. The van der Waals surface area contributed by atoms with E-state index in [0.29, 0.717) is 29.0 Å². The highest BCUT2D eigenvalue weighted by molar-refractivity contribution is 6.30. The molecule has 7 heteroatoms. The van der Waals surface area contributed by atoms with Crippen LogP contribution in [0.15, 0.2) is 53.1 Å². The van der Waals surface area contributed by atoms with E-state index in [0.717, 1.165) is 24.0 Å². The minimum atomic E-state index is -0.215. The maximum atomic E-state index is 12.7. The van der Waals surface area contributed by atoms with Gasteiger partial charge in [0.25, 0.3) is 5.91 Å². The van der Waals surface area contributed by atoms with Crippen LogP contribution in [0, 0.1) is 6.92 Å². The highest BCUT2D eigenvalue weighted by Gasteiger charge is 2.34. The normalized spacial score (nSPS) is 16.4. The average Bonchev–Trinajstić information content (AvgIpc) is 3.36. The molecule has 0 N–H and O–H groups in total. The van der Waals surface area contributed by atoms with Crippen LogP contribution in [0.3, 0.4) is 0 Å². The lowest BCUT2D eigenvalue weighted by molar-refractivity contribution is -0.134. The van der Waals surface area contributed by atoms with E-state index in [4.69, 9.17) is 20.9 Å². The molecule has 0 aliphatic carbocycles. The van der Waals surface area contributed by atoms with Gasteiger partial charge < -0.3 is 14.2 Å². The van der Waals surface area contributed by atoms with E-state index in [1.165, 1.54) is 0 Å². The number of aromatic nitrogens is 2. The van der Waals surface area contributed by atoms with Gasteiger partial charge in [-0.1, -0.05) is 40.5 Å². The SMILES string of the molecule is Cc1cccc(-c2noc(C3CCCN3C(=O)COc3ccc(Cl)cc3)n2)c1. The van der Waals surface area contributed by atoms with Gasteiger partial charge >= 0.3 is 0 Å². The molecule has 1 amide bonds. The first kappa shape index (κ1) is 18.5. The van der Waals surface area contributed by atoms with E-state index in [1.807, 2.05) is 31.2 Å². The van der Waals surface area contributed by atoms with E-state index < -0.39 is 0 Å². The Labute approximate surface area is 168 Å². The van der Waals surface area contributed by atoms with E-state index in [2.05, 4.69) is 10.1 Å². The predicted octanol–water partition coefficient (Wildman–Crippen LogP) is 4.44. The molecule has 1 saturated heterocycles. The molecule has 144 valence electrons. The summed E-state index contributed by atoms with van der Waals surface area (Å²) in [5.41, 5.74) is 2.03. The molecular formula is C21H20ClN3O3. The molecule has 3 aromatic rings. The summed E-state index contributed by atoms with van der Waals surface area (Å²) in [5, 5.41) is 4.72. The van der Waals surface area contributed by atoms with Crippen molar-refractivity contribution in [2.24, 2.45) is 0 Å². The van der Waals surface area contributed by atoms with E-state index in [-0.39, 0.29) is 18.6 Å². The van der Waals surface area contributed by atoms with Crippen molar-refractivity contribution >= 4 is 17.5 Å². The fraction of sp³-hybridized carbons (Fsp3) is 0.286. The predicted molar refractivity (Wildman–Crippen MR) is 105 cm³/mol. The van der Waals surface area contributed by atoms with Crippen LogP contribution < -0.4 is 4.74 Å². The number of amides is 1. The van der Waals surface area contributed by atoms with E-state index >= 15 is 0 Å². The second kappa shape index (κ2) is 8.02. The van der Waals surface area contributed by atoms with Crippen molar-refractivity contribution in [3.8, 4) is 17.1 Å². The standard InChI is InChI=1S/C21H20ClN3O3/c1-14-4-2-5-15(12-14)20-23-21(28-24-20)18-6-3-11-25(18)19(26)13-27-17-9-7-16(22)8-10-17/h2,4-5,7-10,12,18H,3,6,11,13H2,1H3. The van der Waals surface area contributed by atoms with Gasteiger partial charge in [-0.2, -0.15) is 4.98 Å². The maximum Gasteiger partial charge on any atom is 0.261 e. The van der Waals surface area contributed by atoms with Crippen LogP contribution in [0.25, 0.3) is 11.4 Å². The lowest BCUT2D eigenvalue weighted by atomic mass is 10.1. The molecule has 4 rings (SSSR count). The van der Waals surface area contributed by atoms with Crippen LogP contribution >= 0.6 is 11.6 Å². The van der Waals surface area contributed by atoms with Crippen molar-refractivity contribution in [3.05, 3.63) is 65.0 Å². The first-order valence-electron chi connectivity index (χ1n) is 9.18. The number of hydrogen-bond donors (Lipinski definition) is 0. The number of likely N-dealkylation sites (tertiary alicyclic amines) is 1. The van der Waals surface area contributed by atoms with Crippen molar-refractivity contribution in [3.63, 3.8) is 0 Å². The lowest BCUT2D eigenvalue weighted by Crippen LogP contribution is -2.34. The fourth-order valence-corrected chi connectivity index (χ4v) is 3.48. The monoisotopic (exact) mass is 397 g/mol. The number of ether oxygens (including phenoxy) is 1. The summed E-state index contributed by atoms with van der Waals surface area (Å²) in [7, 11) is 0. The highest BCUT2D eigenvalue weighted by Crippen LogP contribution is 2.32. The van der Waals surface area contributed by atoms with Crippen molar-refractivity contribution in [1.29, 1.82) is 0 Å². The van der Waals surface area contributed by atoms with Gasteiger partial charge in [-0.3, -0.25) is 4.79 Å². The first-order valence-corrected chi connectivity index (χ1v) is 9.56. The summed E-state index contributed by atoms with van der Waals surface area (Å²) < 4.78 is 11.1. The van der Waals surface area contributed by atoms with Gasteiger partial charge in [0, 0.05) is 17.1 Å². The zero-order valence-electron chi connectivity index (χ0n) is 15.5. The third-order valence-corrected chi connectivity index (χ3v) is 5.00. The van der Waals surface area contributed by atoms with Gasteiger partial charge in [0.15, 0.2) is 6.61 Å². The average molecular weight is 398 g/mol. The van der Waals surface area contributed by atoms with Crippen LogP contribution in [0.5, 0.6) is 5.75 Å². The molecule has 1 aliphatic heterocycles. The smallest absolute Gasteiger partial charge is 0.261 e. The van der Waals surface area contributed by atoms with Gasteiger partial charge in [0.05, 0.1) is 0 Å². The summed E-state index contributed by atoms with van der Waals surface area (Å²) in [6.45, 7) is 2.62. The van der Waals surface area contributed by atoms with Crippen molar-refractivity contribution in [1.82, 2.24) is 15.0 Å². The number of benzene rings is 2. The molecule has 1 fully saturated rings. The number of aryl methyl sites for hydroxylation is 1. The number of carbonyl (C=O) groups excluding carboxylic acids is 1. The molecule has 1 unspecified atom stereocenters. The molecule has 1 atom stereocenters.